The van der Waals surface area contributed by atoms with Crippen molar-refractivity contribution in [1.29, 1.82) is 0 Å². The number of carboxylic acids is 2. The molecule has 9 N–H and O–H groups in total. The summed E-state index contributed by atoms with van der Waals surface area (Å²) in [5.41, 5.74) is 6.29. The maximum absolute atomic E-state index is 13.0. The normalized spacial score (nSPS) is 15.2. The lowest BCUT2D eigenvalue weighted by Gasteiger charge is -2.25. The Morgan fingerprint density at radius 1 is 0.861 bits per heavy atom. The van der Waals surface area contributed by atoms with Crippen molar-refractivity contribution in [3.05, 3.63) is 29.8 Å². The van der Waals surface area contributed by atoms with E-state index in [0.717, 1.165) is 6.92 Å². The zero-order chi connectivity index (χ0) is 27.6. The smallest absolute Gasteiger partial charge is 0.328 e. The van der Waals surface area contributed by atoms with Gasteiger partial charge in [-0.15, -0.1) is 0 Å². The van der Waals surface area contributed by atoms with Crippen molar-refractivity contribution in [2.45, 2.75) is 70.3 Å². The van der Waals surface area contributed by atoms with Gasteiger partial charge >= 0.3 is 11.9 Å². The number of hydrogen-bond acceptors (Lipinski definition) is 8. The molecule has 1 aromatic rings. The van der Waals surface area contributed by atoms with Crippen molar-refractivity contribution in [3.8, 4) is 5.75 Å². The molecule has 13 heteroatoms. The van der Waals surface area contributed by atoms with Crippen LogP contribution in [0.2, 0.25) is 0 Å². The first kappa shape index (κ1) is 30.3. The lowest BCUT2D eigenvalue weighted by molar-refractivity contribution is -0.145. The Morgan fingerprint density at radius 3 is 1.86 bits per heavy atom. The van der Waals surface area contributed by atoms with E-state index in [2.05, 4.69) is 16.0 Å². The van der Waals surface area contributed by atoms with Crippen LogP contribution in [0.4, 0.5) is 0 Å². The lowest BCUT2D eigenvalue weighted by Crippen LogP contribution is -2.59. The van der Waals surface area contributed by atoms with Crippen LogP contribution in [0.1, 0.15) is 39.2 Å². The van der Waals surface area contributed by atoms with Gasteiger partial charge in [0.15, 0.2) is 6.04 Å². The van der Waals surface area contributed by atoms with Gasteiger partial charge in [-0.3, -0.25) is 19.2 Å². The first-order valence-corrected chi connectivity index (χ1v) is 11.3. The molecular weight excluding hydrogens is 476 g/mol. The van der Waals surface area contributed by atoms with Crippen molar-refractivity contribution in [2.24, 2.45) is 11.7 Å². The third-order valence-corrected chi connectivity index (χ3v) is 5.13. The molecule has 0 aliphatic heterocycles. The number of aliphatic carboxylic acids is 2. The zero-order valence-corrected chi connectivity index (χ0v) is 20.3. The molecule has 0 aromatic heterocycles. The molecule has 36 heavy (non-hydrogen) atoms. The fourth-order valence-corrected chi connectivity index (χ4v) is 3.27. The number of benzene rings is 1. The van der Waals surface area contributed by atoms with Crippen molar-refractivity contribution in [3.63, 3.8) is 0 Å². The monoisotopic (exact) mass is 510 g/mol. The molecule has 0 aliphatic rings. The van der Waals surface area contributed by atoms with Crippen LogP contribution in [-0.2, 0) is 30.4 Å². The third-order valence-electron chi connectivity index (χ3n) is 5.13. The van der Waals surface area contributed by atoms with Crippen molar-refractivity contribution in [2.75, 3.05) is 0 Å². The summed E-state index contributed by atoms with van der Waals surface area (Å²) in [4.78, 5) is 61.0. The molecule has 1 aromatic carbocycles. The zero-order valence-electron chi connectivity index (χ0n) is 20.3. The minimum Gasteiger partial charge on any atom is -0.508 e. The minimum atomic E-state index is -1.68. The first-order chi connectivity index (χ1) is 16.7. The molecule has 5 atom stereocenters. The Balaban J connectivity index is 3.16. The highest BCUT2D eigenvalue weighted by Gasteiger charge is 2.33. The van der Waals surface area contributed by atoms with Crippen LogP contribution in [0.5, 0.6) is 5.75 Å². The molecule has 1 rings (SSSR count). The van der Waals surface area contributed by atoms with E-state index >= 15 is 0 Å². The highest BCUT2D eigenvalue weighted by atomic mass is 16.4. The summed E-state index contributed by atoms with van der Waals surface area (Å²) in [6.07, 6.45) is -2.15. The van der Waals surface area contributed by atoms with Gasteiger partial charge in [-0.05, 0) is 37.0 Å². The molecule has 0 aliphatic carbocycles. The van der Waals surface area contributed by atoms with Crippen LogP contribution in [0.3, 0.4) is 0 Å². The highest BCUT2D eigenvalue weighted by Crippen LogP contribution is 2.12. The van der Waals surface area contributed by atoms with Crippen molar-refractivity contribution in [1.82, 2.24) is 16.0 Å². The van der Waals surface area contributed by atoms with E-state index in [1.807, 2.05) is 13.8 Å². The number of nitrogens with one attached hydrogen (secondary N) is 3. The Hall–Kier alpha value is -3.71. The highest BCUT2D eigenvalue weighted by molar-refractivity contribution is 5.95. The van der Waals surface area contributed by atoms with Crippen LogP contribution >= 0.6 is 0 Å². The third kappa shape index (κ3) is 10.3. The Labute approximate surface area is 208 Å². The number of aliphatic hydroxyl groups is 1. The number of carbonyl (C=O) groups is 5. The Bertz CT molecular complexity index is 934. The maximum Gasteiger partial charge on any atom is 0.328 e. The number of carboxylic acid groups (broad SMARTS) is 2. The molecule has 0 bridgehead atoms. The van der Waals surface area contributed by atoms with Gasteiger partial charge in [0.25, 0.3) is 0 Å². The maximum atomic E-state index is 13.0. The Morgan fingerprint density at radius 2 is 1.39 bits per heavy atom. The number of aliphatic hydroxyl groups excluding tert-OH is 1. The number of nitrogens with two attached hydrogens (primary N) is 1. The summed E-state index contributed by atoms with van der Waals surface area (Å²) in [7, 11) is 0. The standard InChI is InChI=1S/C23H34N4O9/c1-11(2)8-15(24)20(32)25-17(10-18(30)31)21(33)26-16(9-13-4-6-14(29)7-5-13)22(34)27-19(12(3)28)23(35)36/h4-7,11-12,15-17,19,28-29H,8-10,24H2,1-3H3,(H,25,32)(H,26,33)(H,27,34)(H,30,31)(H,35,36). The molecule has 5 unspecified atom stereocenters. The largest absolute Gasteiger partial charge is 0.508 e. The van der Waals surface area contributed by atoms with Crippen molar-refractivity contribution >= 4 is 29.7 Å². The van der Waals surface area contributed by atoms with Crippen LogP contribution < -0.4 is 21.7 Å². The second kappa shape index (κ2) is 14.0. The number of aromatic hydroxyl groups is 1. The summed E-state index contributed by atoms with van der Waals surface area (Å²) in [6, 6.07) is -0.0562. The molecule has 0 radical (unpaired) electrons. The molecule has 0 spiro atoms. The second-order valence-electron chi connectivity index (χ2n) is 8.89. The lowest BCUT2D eigenvalue weighted by atomic mass is 10.0. The molecular formula is C23H34N4O9. The average molecular weight is 511 g/mol. The predicted molar refractivity (Wildman–Crippen MR) is 127 cm³/mol. The number of phenols is 1. The van der Waals surface area contributed by atoms with Crippen LogP contribution in [0.25, 0.3) is 0 Å². The van der Waals surface area contributed by atoms with Gasteiger partial charge in [0.2, 0.25) is 17.7 Å². The number of amides is 3. The molecule has 3 amide bonds. The van der Waals surface area contributed by atoms with Crippen LogP contribution in [-0.4, -0.2) is 80.4 Å². The molecule has 0 saturated heterocycles. The van der Waals surface area contributed by atoms with E-state index in [9.17, 15) is 44.4 Å². The van der Waals surface area contributed by atoms with Gasteiger partial charge < -0.3 is 42.1 Å². The van der Waals surface area contributed by atoms with Crippen LogP contribution in [0.15, 0.2) is 24.3 Å². The minimum absolute atomic E-state index is 0.0502. The average Bonchev–Trinajstić information content (AvgIpc) is 2.76. The number of hydrogen-bond donors (Lipinski definition) is 8. The summed E-state index contributed by atoms with van der Waals surface area (Å²) >= 11 is 0. The molecule has 0 fully saturated rings. The van der Waals surface area contributed by atoms with E-state index in [1.54, 1.807) is 0 Å². The number of carbonyl (C=O) groups excluding carboxylic acids is 3. The summed E-state index contributed by atoms with van der Waals surface area (Å²) in [5, 5.41) is 44.4. The van der Waals surface area contributed by atoms with Gasteiger partial charge in [-0.1, -0.05) is 26.0 Å². The fraction of sp³-hybridized carbons (Fsp3) is 0.522. The first-order valence-electron chi connectivity index (χ1n) is 11.3. The van der Waals surface area contributed by atoms with Gasteiger partial charge in [0, 0.05) is 6.42 Å². The van der Waals surface area contributed by atoms with Gasteiger partial charge in [-0.25, -0.2) is 4.79 Å². The van der Waals surface area contributed by atoms with Crippen LogP contribution in [0, 0.1) is 5.92 Å². The number of rotatable bonds is 14. The second-order valence-corrected chi connectivity index (χ2v) is 8.89. The fourth-order valence-electron chi connectivity index (χ4n) is 3.27. The van der Waals surface area contributed by atoms with E-state index in [0.29, 0.717) is 5.56 Å². The predicted octanol–water partition coefficient (Wildman–Crippen LogP) is -1.30. The summed E-state index contributed by atoms with van der Waals surface area (Å²) < 4.78 is 0. The molecule has 200 valence electrons. The molecule has 0 saturated carbocycles. The summed E-state index contributed by atoms with van der Waals surface area (Å²) in [6.45, 7) is 4.82. The SMILES string of the molecule is CC(C)CC(N)C(=O)NC(CC(=O)O)C(=O)NC(Cc1ccc(O)cc1)C(=O)NC(C(=O)O)C(C)O. The molecule has 0 heterocycles. The van der Waals surface area contributed by atoms with Crippen molar-refractivity contribution < 1.29 is 44.4 Å². The van der Waals surface area contributed by atoms with Gasteiger partial charge in [0.05, 0.1) is 18.6 Å². The van der Waals surface area contributed by atoms with E-state index in [4.69, 9.17) is 5.73 Å². The Kier molecular flexibility index (Phi) is 11.8. The topological polar surface area (TPSA) is 228 Å². The van der Waals surface area contributed by atoms with E-state index in [1.165, 1.54) is 24.3 Å². The summed E-state index contributed by atoms with van der Waals surface area (Å²) in [5.74, 6) is -5.62. The van der Waals surface area contributed by atoms with E-state index < -0.39 is 66.4 Å². The van der Waals surface area contributed by atoms with E-state index in [-0.39, 0.29) is 24.5 Å². The quantitative estimate of drug-likeness (QED) is 0.147. The van der Waals surface area contributed by atoms with Gasteiger partial charge in [0.1, 0.15) is 17.8 Å². The number of phenolic OH excluding ortho intramolecular Hbond substituents is 1. The molecule has 13 nitrogen and oxygen atoms in total. The van der Waals surface area contributed by atoms with Gasteiger partial charge in [-0.2, -0.15) is 0 Å².